The van der Waals surface area contributed by atoms with Crippen LogP contribution in [0.25, 0.3) is 11.1 Å². The normalized spacial score (nSPS) is 10.2. The number of aromatic carboxylic acids is 4. The lowest BCUT2D eigenvalue weighted by Gasteiger charge is -2.11. The molecule has 24 heavy (non-hydrogen) atoms. The minimum Gasteiger partial charge on any atom is -0.478 e. The topological polar surface area (TPSA) is 149 Å². The Hall–Kier alpha value is -3.68. The van der Waals surface area contributed by atoms with Gasteiger partial charge in [0.1, 0.15) is 0 Å². The molecule has 0 aromatic heterocycles. The Kier molecular flexibility index (Phi) is 4.32. The molecule has 0 saturated heterocycles. The smallest absolute Gasteiger partial charge is 0.336 e. The first-order valence-corrected chi connectivity index (χ1v) is 6.44. The molecule has 0 aliphatic rings. The van der Waals surface area contributed by atoms with Gasteiger partial charge in [0, 0.05) is 0 Å². The van der Waals surface area contributed by atoms with E-state index in [0.717, 1.165) is 12.1 Å². The van der Waals surface area contributed by atoms with Crippen LogP contribution in [-0.2, 0) is 0 Å². The van der Waals surface area contributed by atoms with Crippen molar-refractivity contribution in [1.29, 1.82) is 0 Å². The van der Waals surface area contributed by atoms with E-state index in [4.69, 9.17) is 15.3 Å². The second-order valence-corrected chi connectivity index (χ2v) is 4.74. The van der Waals surface area contributed by atoms with Crippen LogP contribution in [0.2, 0.25) is 0 Å². The number of benzene rings is 2. The van der Waals surface area contributed by atoms with Crippen molar-refractivity contribution in [2.75, 3.05) is 0 Å². The number of hydrogen-bond acceptors (Lipinski definition) is 4. The summed E-state index contributed by atoms with van der Waals surface area (Å²) in [4.78, 5) is 44.6. The van der Waals surface area contributed by atoms with Crippen LogP contribution in [0.4, 0.5) is 0 Å². The van der Waals surface area contributed by atoms with Gasteiger partial charge in [0.05, 0.1) is 22.3 Å². The zero-order chi connectivity index (χ0) is 18.0. The van der Waals surface area contributed by atoms with Gasteiger partial charge in [0.25, 0.3) is 0 Å². The van der Waals surface area contributed by atoms with Crippen LogP contribution in [-0.4, -0.2) is 44.3 Å². The third-order valence-corrected chi connectivity index (χ3v) is 3.29. The van der Waals surface area contributed by atoms with Gasteiger partial charge < -0.3 is 20.4 Å². The maximum atomic E-state index is 11.4. The fourth-order valence-corrected chi connectivity index (χ4v) is 2.16. The molecule has 4 N–H and O–H groups in total. The molecule has 8 heteroatoms. The van der Waals surface area contributed by atoms with Gasteiger partial charge in [-0.15, -0.1) is 0 Å². The zero-order valence-electron chi connectivity index (χ0n) is 11.9. The number of carboxylic acid groups (broad SMARTS) is 4. The Morgan fingerprint density at radius 1 is 0.583 bits per heavy atom. The lowest BCUT2D eigenvalue weighted by molar-refractivity contribution is 0.0649. The fourth-order valence-electron chi connectivity index (χ4n) is 2.16. The first-order valence-electron chi connectivity index (χ1n) is 6.44. The average molecular weight is 330 g/mol. The van der Waals surface area contributed by atoms with Crippen LogP contribution in [0, 0.1) is 0 Å². The minimum atomic E-state index is -1.57. The SMILES string of the molecule is O=C(O)c1ccc(-c2cc(C(=O)O)c(C(=O)O)cc2C(=O)O)cc1. The second-order valence-electron chi connectivity index (χ2n) is 4.74. The molecule has 0 radical (unpaired) electrons. The van der Waals surface area contributed by atoms with E-state index < -0.39 is 40.6 Å². The molecule has 2 aromatic rings. The number of hydrogen-bond donors (Lipinski definition) is 4. The second kappa shape index (κ2) is 6.21. The Morgan fingerprint density at radius 3 is 1.46 bits per heavy atom. The number of carbonyl (C=O) groups is 4. The van der Waals surface area contributed by atoms with E-state index in [1.807, 2.05) is 0 Å². The third-order valence-electron chi connectivity index (χ3n) is 3.29. The molecule has 0 fully saturated rings. The monoisotopic (exact) mass is 330 g/mol. The molecular formula is C16H10O8. The highest BCUT2D eigenvalue weighted by Crippen LogP contribution is 2.28. The number of rotatable bonds is 5. The summed E-state index contributed by atoms with van der Waals surface area (Å²) in [7, 11) is 0. The van der Waals surface area contributed by atoms with E-state index in [-0.39, 0.29) is 16.7 Å². The van der Waals surface area contributed by atoms with Crippen LogP contribution < -0.4 is 0 Å². The molecule has 0 saturated carbocycles. The zero-order valence-corrected chi connectivity index (χ0v) is 11.9. The van der Waals surface area contributed by atoms with Crippen molar-refractivity contribution in [3.8, 4) is 11.1 Å². The molecule has 122 valence electrons. The van der Waals surface area contributed by atoms with E-state index in [0.29, 0.717) is 0 Å². The van der Waals surface area contributed by atoms with Crippen LogP contribution in [0.1, 0.15) is 41.4 Å². The van der Waals surface area contributed by atoms with E-state index in [1.165, 1.54) is 24.3 Å². The van der Waals surface area contributed by atoms with Crippen LogP contribution in [0.3, 0.4) is 0 Å². The van der Waals surface area contributed by atoms with E-state index in [9.17, 15) is 24.3 Å². The Bertz CT molecular complexity index is 864. The van der Waals surface area contributed by atoms with E-state index >= 15 is 0 Å². The van der Waals surface area contributed by atoms with Gasteiger partial charge in [-0.2, -0.15) is 0 Å². The summed E-state index contributed by atoms with van der Waals surface area (Å²) in [5.74, 6) is -5.70. The molecule has 0 heterocycles. The van der Waals surface area contributed by atoms with Gasteiger partial charge in [0.15, 0.2) is 0 Å². The van der Waals surface area contributed by atoms with Gasteiger partial charge in [-0.3, -0.25) is 0 Å². The van der Waals surface area contributed by atoms with Crippen molar-refractivity contribution in [1.82, 2.24) is 0 Å². The first kappa shape index (κ1) is 16.7. The minimum absolute atomic E-state index is 0.0261. The largest absolute Gasteiger partial charge is 0.478 e. The highest BCUT2D eigenvalue weighted by Gasteiger charge is 2.23. The molecule has 2 rings (SSSR count). The fraction of sp³-hybridized carbons (Fsp3) is 0. The first-order chi connectivity index (χ1) is 11.2. The summed E-state index contributed by atoms with van der Waals surface area (Å²) < 4.78 is 0. The van der Waals surface area contributed by atoms with E-state index in [2.05, 4.69) is 0 Å². The predicted molar refractivity (Wildman–Crippen MR) is 79.7 cm³/mol. The van der Waals surface area contributed by atoms with Crippen molar-refractivity contribution in [2.45, 2.75) is 0 Å². The van der Waals surface area contributed by atoms with Gasteiger partial charge in [-0.1, -0.05) is 12.1 Å². The van der Waals surface area contributed by atoms with E-state index in [1.54, 1.807) is 0 Å². The molecule has 0 aliphatic carbocycles. The summed E-state index contributed by atoms with van der Waals surface area (Å²) in [6.45, 7) is 0. The maximum absolute atomic E-state index is 11.4. The molecule has 0 amide bonds. The Labute approximate surface area is 134 Å². The molecule has 2 aromatic carbocycles. The third kappa shape index (κ3) is 3.07. The van der Waals surface area contributed by atoms with Crippen LogP contribution in [0.15, 0.2) is 36.4 Å². The summed E-state index contributed by atoms with van der Waals surface area (Å²) in [5, 5.41) is 36.3. The van der Waals surface area contributed by atoms with Crippen molar-refractivity contribution in [3.63, 3.8) is 0 Å². The quantitative estimate of drug-likeness (QED) is 0.651. The molecule has 0 bridgehead atoms. The van der Waals surface area contributed by atoms with Crippen molar-refractivity contribution >= 4 is 23.9 Å². The van der Waals surface area contributed by atoms with Gasteiger partial charge >= 0.3 is 23.9 Å². The highest BCUT2D eigenvalue weighted by atomic mass is 16.4. The highest BCUT2D eigenvalue weighted by molar-refractivity contribution is 6.07. The molecule has 0 aliphatic heterocycles. The van der Waals surface area contributed by atoms with Crippen molar-refractivity contribution in [3.05, 3.63) is 58.7 Å². The summed E-state index contributed by atoms with van der Waals surface area (Å²) in [6, 6.07) is 6.82. The lowest BCUT2D eigenvalue weighted by atomic mass is 9.93. The maximum Gasteiger partial charge on any atom is 0.336 e. The summed E-state index contributed by atoms with van der Waals surface area (Å²) in [5.41, 5.74) is -1.42. The number of carboxylic acids is 4. The van der Waals surface area contributed by atoms with Gasteiger partial charge in [-0.25, -0.2) is 19.2 Å². The van der Waals surface area contributed by atoms with Crippen molar-refractivity contribution in [2.24, 2.45) is 0 Å². The van der Waals surface area contributed by atoms with Gasteiger partial charge in [-0.05, 0) is 35.4 Å². The molecule has 0 spiro atoms. The molecule has 8 nitrogen and oxygen atoms in total. The average Bonchev–Trinajstić information content (AvgIpc) is 2.53. The Balaban J connectivity index is 2.74. The molecule has 0 unspecified atom stereocenters. The summed E-state index contributed by atoms with van der Waals surface area (Å²) in [6.07, 6.45) is 0. The molecular weight excluding hydrogens is 320 g/mol. The Morgan fingerprint density at radius 2 is 1.04 bits per heavy atom. The lowest BCUT2D eigenvalue weighted by Crippen LogP contribution is -2.12. The van der Waals surface area contributed by atoms with Gasteiger partial charge in [0.2, 0.25) is 0 Å². The van der Waals surface area contributed by atoms with Crippen LogP contribution >= 0.6 is 0 Å². The summed E-state index contributed by atoms with van der Waals surface area (Å²) >= 11 is 0. The van der Waals surface area contributed by atoms with Crippen LogP contribution in [0.5, 0.6) is 0 Å². The standard InChI is InChI=1S/C16H10O8/c17-13(18)8-3-1-7(2-4-8)9-5-11(15(21)22)12(16(23)24)6-10(9)14(19)20/h1-6H,(H,17,18)(H,19,20)(H,21,22)(H,23,24). The predicted octanol–water partition coefficient (Wildman–Crippen LogP) is 2.15. The molecule has 0 atom stereocenters. The van der Waals surface area contributed by atoms with Crippen molar-refractivity contribution < 1.29 is 39.6 Å².